The van der Waals surface area contributed by atoms with Gasteiger partial charge in [-0.25, -0.2) is 0 Å². The molecule has 0 saturated carbocycles. The summed E-state index contributed by atoms with van der Waals surface area (Å²) < 4.78 is 0. The number of rotatable bonds is 12. The zero-order valence-electron chi connectivity index (χ0n) is 16.8. The van der Waals surface area contributed by atoms with E-state index in [1.807, 2.05) is 11.8 Å². The number of fused-ring (bicyclic) bond motifs is 2. The normalized spacial score (nSPS) is 11.6. The first-order chi connectivity index (χ1) is 14.4. The lowest BCUT2D eigenvalue weighted by atomic mass is 10.1. The molecule has 0 saturated heterocycles. The maximum Gasteiger partial charge on any atom is 0.0456 e. The standard InChI is InChI=1S/C24H30N4S/c1-3-7-23-21(5-1)19(17-27-23)9-11-25-13-15-29-16-14-26-12-10-20-18-28-24-8-4-2-6-22(20)24/h1-8,17-18,25-28H,9-16H2. The predicted molar refractivity (Wildman–Crippen MR) is 127 cm³/mol. The molecule has 0 bridgehead atoms. The van der Waals surface area contributed by atoms with Gasteiger partial charge in [0.2, 0.25) is 0 Å². The lowest BCUT2D eigenvalue weighted by Gasteiger charge is -2.06. The smallest absolute Gasteiger partial charge is 0.0456 e. The second-order valence-corrected chi connectivity index (χ2v) is 8.56. The number of benzene rings is 2. The summed E-state index contributed by atoms with van der Waals surface area (Å²) in [5.41, 5.74) is 5.27. The minimum atomic E-state index is 1.03. The topological polar surface area (TPSA) is 55.6 Å². The van der Waals surface area contributed by atoms with E-state index in [1.165, 1.54) is 32.9 Å². The van der Waals surface area contributed by atoms with Crippen molar-refractivity contribution in [2.45, 2.75) is 12.8 Å². The van der Waals surface area contributed by atoms with Crippen LogP contribution in [0.25, 0.3) is 21.8 Å². The van der Waals surface area contributed by atoms with E-state index in [1.54, 1.807) is 0 Å². The third-order valence-electron chi connectivity index (χ3n) is 5.34. The number of hydrogen-bond donors (Lipinski definition) is 4. The van der Waals surface area contributed by atoms with Crippen LogP contribution in [0.3, 0.4) is 0 Å². The largest absolute Gasteiger partial charge is 0.361 e. The van der Waals surface area contributed by atoms with E-state index in [9.17, 15) is 0 Å². The molecule has 2 aromatic carbocycles. The molecular formula is C24H30N4S. The van der Waals surface area contributed by atoms with Crippen LogP contribution in [0, 0.1) is 0 Å². The summed E-state index contributed by atoms with van der Waals surface area (Å²) in [6, 6.07) is 17.0. The molecule has 0 spiro atoms. The monoisotopic (exact) mass is 406 g/mol. The fraction of sp³-hybridized carbons (Fsp3) is 0.333. The number of aromatic amines is 2. The van der Waals surface area contributed by atoms with Crippen molar-refractivity contribution in [3.05, 3.63) is 72.1 Å². The summed E-state index contributed by atoms with van der Waals surface area (Å²) in [4.78, 5) is 6.70. The lowest BCUT2D eigenvalue weighted by Crippen LogP contribution is -2.22. The Morgan fingerprint density at radius 3 is 1.62 bits per heavy atom. The van der Waals surface area contributed by atoms with Crippen molar-refractivity contribution in [3.8, 4) is 0 Å². The zero-order chi connectivity index (χ0) is 19.7. The van der Waals surface area contributed by atoms with Crippen molar-refractivity contribution in [2.24, 2.45) is 0 Å². The van der Waals surface area contributed by atoms with Crippen LogP contribution in [-0.4, -0.2) is 47.7 Å². The maximum absolute atomic E-state index is 3.57. The van der Waals surface area contributed by atoms with Gasteiger partial charge < -0.3 is 20.6 Å². The summed E-state index contributed by atoms with van der Waals surface area (Å²) in [5.74, 6) is 2.33. The van der Waals surface area contributed by atoms with Gasteiger partial charge in [0.25, 0.3) is 0 Å². The van der Waals surface area contributed by atoms with E-state index in [-0.39, 0.29) is 0 Å². The van der Waals surface area contributed by atoms with Gasteiger partial charge in [0.15, 0.2) is 0 Å². The molecule has 0 aliphatic rings. The predicted octanol–water partition coefficient (Wildman–Crippen LogP) is 4.35. The Balaban J connectivity index is 1.02. The average Bonchev–Trinajstić information content (AvgIpc) is 3.36. The Hall–Kier alpha value is -2.21. The fourth-order valence-corrected chi connectivity index (χ4v) is 4.55. The van der Waals surface area contributed by atoms with Gasteiger partial charge in [-0.3, -0.25) is 0 Å². The minimum absolute atomic E-state index is 1.03. The molecule has 29 heavy (non-hydrogen) atoms. The Morgan fingerprint density at radius 1 is 0.621 bits per heavy atom. The molecule has 2 aromatic heterocycles. The molecule has 0 atom stereocenters. The first-order valence-corrected chi connectivity index (χ1v) is 11.7. The minimum Gasteiger partial charge on any atom is -0.361 e. The average molecular weight is 407 g/mol. The highest BCUT2D eigenvalue weighted by Gasteiger charge is 2.03. The first kappa shape index (κ1) is 20.1. The SMILES string of the molecule is c1ccc2c(CCNCCSCCNCCc3c[nH]c4ccccc34)c[nH]c2c1. The molecule has 0 unspecified atom stereocenters. The van der Waals surface area contributed by atoms with Crippen LogP contribution < -0.4 is 10.6 Å². The van der Waals surface area contributed by atoms with Crippen molar-refractivity contribution >= 4 is 33.6 Å². The van der Waals surface area contributed by atoms with Crippen LogP contribution >= 0.6 is 11.8 Å². The number of aromatic nitrogens is 2. The van der Waals surface area contributed by atoms with Crippen LogP contribution in [0.5, 0.6) is 0 Å². The van der Waals surface area contributed by atoms with E-state index in [4.69, 9.17) is 0 Å². The molecule has 2 heterocycles. The Kier molecular flexibility index (Phi) is 7.29. The fourth-order valence-electron chi connectivity index (χ4n) is 3.76. The highest BCUT2D eigenvalue weighted by molar-refractivity contribution is 7.99. The molecule has 4 aromatic rings. The highest BCUT2D eigenvalue weighted by Crippen LogP contribution is 2.18. The molecule has 4 N–H and O–H groups in total. The van der Waals surface area contributed by atoms with Gasteiger partial charge >= 0.3 is 0 Å². The maximum atomic E-state index is 3.57. The Morgan fingerprint density at radius 2 is 1.10 bits per heavy atom. The highest BCUT2D eigenvalue weighted by atomic mass is 32.2. The molecule has 0 fully saturated rings. The molecule has 0 aliphatic carbocycles. The van der Waals surface area contributed by atoms with Crippen LogP contribution in [-0.2, 0) is 12.8 Å². The third-order valence-corrected chi connectivity index (χ3v) is 6.32. The van der Waals surface area contributed by atoms with E-state index in [0.29, 0.717) is 0 Å². The quantitative estimate of drug-likeness (QED) is 0.265. The van der Waals surface area contributed by atoms with Crippen molar-refractivity contribution in [2.75, 3.05) is 37.7 Å². The lowest BCUT2D eigenvalue weighted by molar-refractivity contribution is 0.716. The van der Waals surface area contributed by atoms with Gasteiger partial charge in [0.1, 0.15) is 0 Å². The van der Waals surface area contributed by atoms with Crippen LogP contribution in [0.4, 0.5) is 0 Å². The molecule has 5 heteroatoms. The first-order valence-electron chi connectivity index (χ1n) is 10.5. The second-order valence-electron chi connectivity index (χ2n) is 7.33. The summed E-state index contributed by atoms with van der Waals surface area (Å²) >= 11 is 2.02. The van der Waals surface area contributed by atoms with E-state index in [2.05, 4.69) is 81.5 Å². The van der Waals surface area contributed by atoms with E-state index >= 15 is 0 Å². The van der Waals surface area contributed by atoms with Crippen LogP contribution in [0.15, 0.2) is 60.9 Å². The summed E-state index contributed by atoms with van der Waals surface area (Å²) in [7, 11) is 0. The van der Waals surface area contributed by atoms with Crippen LogP contribution in [0.2, 0.25) is 0 Å². The zero-order valence-corrected chi connectivity index (χ0v) is 17.7. The summed E-state index contributed by atoms with van der Waals surface area (Å²) in [6.45, 7) is 4.21. The Bertz CT molecular complexity index is 938. The van der Waals surface area contributed by atoms with Gasteiger partial charge in [-0.1, -0.05) is 36.4 Å². The molecule has 4 rings (SSSR count). The van der Waals surface area contributed by atoms with Crippen molar-refractivity contribution in [1.29, 1.82) is 0 Å². The van der Waals surface area contributed by atoms with Crippen LogP contribution in [0.1, 0.15) is 11.1 Å². The van der Waals surface area contributed by atoms with E-state index < -0.39 is 0 Å². The molecule has 152 valence electrons. The number of para-hydroxylation sites is 2. The molecular weight excluding hydrogens is 376 g/mol. The molecule has 0 aliphatic heterocycles. The van der Waals surface area contributed by atoms with Crippen molar-refractivity contribution < 1.29 is 0 Å². The summed E-state index contributed by atoms with van der Waals surface area (Å²) in [6.07, 6.45) is 6.43. The second kappa shape index (κ2) is 10.5. The van der Waals surface area contributed by atoms with Gasteiger partial charge in [-0.05, 0) is 49.2 Å². The number of nitrogens with one attached hydrogen (secondary N) is 4. The number of thioether (sulfide) groups is 1. The molecule has 4 nitrogen and oxygen atoms in total. The van der Waals surface area contributed by atoms with Crippen molar-refractivity contribution in [3.63, 3.8) is 0 Å². The Labute approximate surface area is 176 Å². The molecule has 0 amide bonds. The van der Waals surface area contributed by atoms with Crippen molar-refractivity contribution in [1.82, 2.24) is 20.6 Å². The van der Waals surface area contributed by atoms with Gasteiger partial charge in [-0.15, -0.1) is 0 Å². The van der Waals surface area contributed by atoms with Gasteiger partial charge in [0, 0.05) is 58.8 Å². The third kappa shape index (κ3) is 5.44. The molecule has 0 radical (unpaired) electrons. The van der Waals surface area contributed by atoms with Gasteiger partial charge in [0.05, 0.1) is 0 Å². The van der Waals surface area contributed by atoms with Gasteiger partial charge in [-0.2, -0.15) is 11.8 Å². The number of H-pyrrole nitrogens is 2. The summed E-state index contributed by atoms with van der Waals surface area (Å²) in [5, 5.41) is 9.83. The number of hydrogen-bond acceptors (Lipinski definition) is 3. The van der Waals surface area contributed by atoms with E-state index in [0.717, 1.165) is 50.5 Å².